The molecule has 0 atom stereocenters. The number of aldehydes is 1. The average Bonchev–Trinajstić information content (AvgIpc) is 2.51. The van der Waals surface area contributed by atoms with Crippen LogP contribution in [0.3, 0.4) is 0 Å². The summed E-state index contributed by atoms with van der Waals surface area (Å²) in [5.74, 6) is 0. The molecule has 0 rings (SSSR count). The Bertz CT molecular complexity index is 238. The van der Waals surface area contributed by atoms with E-state index in [9.17, 15) is 4.79 Å². The lowest BCUT2D eigenvalue weighted by atomic mass is 10.1. The van der Waals surface area contributed by atoms with Crippen LogP contribution >= 0.6 is 0 Å². The maximum absolute atomic E-state index is 10.3. The normalized spacial score (nSPS) is 11.8. The van der Waals surface area contributed by atoms with Gasteiger partial charge in [0.1, 0.15) is 6.29 Å². The predicted octanol–water partition coefficient (Wildman–Crippen LogP) is 0.396. The van der Waals surface area contributed by atoms with Crippen LogP contribution in [0.5, 0.6) is 0 Å². The number of rotatable bonds is 17. The van der Waals surface area contributed by atoms with Gasteiger partial charge < -0.3 is 34.2 Å². The largest absolute Gasteiger partial charge is 0.379 e. The molecule has 0 aromatic carbocycles. The number of hydrogen-bond acceptors (Lipinski definition) is 7. The zero-order chi connectivity index (χ0) is 16.5. The number of ether oxygens (including phenoxy) is 5. The first-order chi connectivity index (χ1) is 10.7. The van der Waals surface area contributed by atoms with Crippen molar-refractivity contribution in [2.75, 3.05) is 66.1 Å². The number of carbonyl (C=O) groups excluding carboxylic acids is 1. The standard InChI is InChI=1S/C15H31NO6/c1-3-18-8-10-21-13-15(16,12-20-7-5-6-17)14-22-11-9-19-4-2/h6H,3-5,7-14,16H2,1-2H3. The fourth-order valence-electron chi connectivity index (χ4n) is 1.61. The first kappa shape index (κ1) is 21.4. The Morgan fingerprint density at radius 3 is 1.59 bits per heavy atom. The molecule has 0 amide bonds. The summed E-state index contributed by atoms with van der Waals surface area (Å²) < 4.78 is 26.9. The average molecular weight is 321 g/mol. The fraction of sp³-hybridized carbons (Fsp3) is 0.933. The van der Waals surface area contributed by atoms with Crippen LogP contribution in [-0.2, 0) is 28.5 Å². The zero-order valence-electron chi connectivity index (χ0n) is 13.9. The maximum atomic E-state index is 10.3. The molecule has 0 heterocycles. The highest BCUT2D eigenvalue weighted by molar-refractivity contribution is 5.49. The summed E-state index contributed by atoms with van der Waals surface area (Å²) in [5.41, 5.74) is 5.52. The van der Waals surface area contributed by atoms with E-state index in [4.69, 9.17) is 29.4 Å². The highest BCUT2D eigenvalue weighted by Crippen LogP contribution is 2.05. The zero-order valence-corrected chi connectivity index (χ0v) is 13.9. The molecule has 132 valence electrons. The third-order valence-electron chi connectivity index (χ3n) is 2.70. The van der Waals surface area contributed by atoms with Crippen LogP contribution in [0, 0.1) is 0 Å². The van der Waals surface area contributed by atoms with Gasteiger partial charge >= 0.3 is 0 Å². The van der Waals surface area contributed by atoms with Gasteiger partial charge in [0.25, 0.3) is 0 Å². The van der Waals surface area contributed by atoms with E-state index in [2.05, 4.69) is 0 Å². The summed E-state index contributed by atoms with van der Waals surface area (Å²) in [6.07, 6.45) is 1.17. The minimum atomic E-state index is -0.749. The van der Waals surface area contributed by atoms with E-state index in [1.165, 1.54) is 0 Å². The minimum absolute atomic E-state index is 0.268. The molecule has 0 radical (unpaired) electrons. The molecule has 7 heteroatoms. The van der Waals surface area contributed by atoms with Gasteiger partial charge in [0, 0.05) is 19.6 Å². The monoisotopic (exact) mass is 321 g/mol. The van der Waals surface area contributed by atoms with Crippen molar-refractivity contribution in [1.29, 1.82) is 0 Å². The van der Waals surface area contributed by atoms with Crippen molar-refractivity contribution in [3.8, 4) is 0 Å². The lowest BCUT2D eigenvalue weighted by Gasteiger charge is -2.28. The van der Waals surface area contributed by atoms with E-state index < -0.39 is 5.54 Å². The molecule has 0 fully saturated rings. The van der Waals surface area contributed by atoms with Crippen LogP contribution in [0.4, 0.5) is 0 Å². The molecule has 0 aliphatic rings. The molecular weight excluding hydrogens is 290 g/mol. The van der Waals surface area contributed by atoms with Crippen molar-refractivity contribution in [2.45, 2.75) is 25.8 Å². The lowest BCUT2D eigenvalue weighted by Crippen LogP contribution is -2.53. The van der Waals surface area contributed by atoms with Crippen molar-refractivity contribution >= 4 is 6.29 Å². The van der Waals surface area contributed by atoms with E-state index in [0.29, 0.717) is 65.9 Å². The Balaban J connectivity index is 4.01. The molecule has 0 saturated carbocycles. The van der Waals surface area contributed by atoms with Gasteiger partial charge in [-0.15, -0.1) is 0 Å². The van der Waals surface area contributed by atoms with Crippen LogP contribution in [0.25, 0.3) is 0 Å². The van der Waals surface area contributed by atoms with Gasteiger partial charge in [0.15, 0.2) is 0 Å². The van der Waals surface area contributed by atoms with E-state index in [1.807, 2.05) is 13.8 Å². The Morgan fingerprint density at radius 2 is 1.18 bits per heavy atom. The first-order valence-corrected chi connectivity index (χ1v) is 7.79. The maximum Gasteiger partial charge on any atom is 0.122 e. The second kappa shape index (κ2) is 15.3. The molecule has 0 aromatic heterocycles. The lowest BCUT2D eigenvalue weighted by molar-refractivity contribution is -0.109. The molecular formula is C15H31NO6. The van der Waals surface area contributed by atoms with Gasteiger partial charge in [-0.2, -0.15) is 0 Å². The predicted molar refractivity (Wildman–Crippen MR) is 83.0 cm³/mol. The smallest absolute Gasteiger partial charge is 0.122 e. The minimum Gasteiger partial charge on any atom is -0.379 e. The van der Waals surface area contributed by atoms with Gasteiger partial charge in [-0.3, -0.25) is 0 Å². The molecule has 0 spiro atoms. The van der Waals surface area contributed by atoms with E-state index >= 15 is 0 Å². The third kappa shape index (κ3) is 13.1. The highest BCUT2D eigenvalue weighted by Gasteiger charge is 2.26. The Hall–Kier alpha value is -0.570. The van der Waals surface area contributed by atoms with Crippen molar-refractivity contribution in [2.24, 2.45) is 5.73 Å². The number of carbonyl (C=O) groups is 1. The van der Waals surface area contributed by atoms with Gasteiger partial charge in [0.05, 0.1) is 58.4 Å². The summed E-state index contributed by atoms with van der Waals surface area (Å²) in [6.45, 7) is 8.41. The summed E-state index contributed by atoms with van der Waals surface area (Å²) in [5, 5.41) is 0. The Morgan fingerprint density at radius 1 is 0.773 bits per heavy atom. The first-order valence-electron chi connectivity index (χ1n) is 7.79. The van der Waals surface area contributed by atoms with Crippen molar-refractivity contribution in [3.63, 3.8) is 0 Å². The number of nitrogens with two attached hydrogens (primary N) is 1. The number of hydrogen-bond donors (Lipinski definition) is 1. The Labute approximate surface area is 133 Å². The van der Waals surface area contributed by atoms with Gasteiger partial charge in [-0.1, -0.05) is 0 Å². The van der Waals surface area contributed by atoms with E-state index in [1.54, 1.807) is 0 Å². The molecule has 0 unspecified atom stereocenters. The van der Waals surface area contributed by atoms with E-state index in [0.717, 1.165) is 6.29 Å². The van der Waals surface area contributed by atoms with Gasteiger partial charge in [-0.05, 0) is 13.8 Å². The highest BCUT2D eigenvalue weighted by atomic mass is 16.5. The van der Waals surface area contributed by atoms with E-state index in [-0.39, 0.29) is 6.61 Å². The summed E-state index contributed by atoms with van der Waals surface area (Å²) in [7, 11) is 0. The molecule has 0 saturated heterocycles. The molecule has 7 nitrogen and oxygen atoms in total. The van der Waals surface area contributed by atoms with Crippen molar-refractivity contribution < 1.29 is 28.5 Å². The van der Waals surface area contributed by atoms with Crippen LogP contribution in [0.1, 0.15) is 20.3 Å². The molecule has 0 aliphatic carbocycles. The molecule has 2 N–H and O–H groups in total. The van der Waals surface area contributed by atoms with Crippen molar-refractivity contribution in [1.82, 2.24) is 0 Å². The molecule has 0 aromatic rings. The second-order valence-corrected chi connectivity index (χ2v) is 4.87. The van der Waals surface area contributed by atoms with Crippen LogP contribution in [-0.4, -0.2) is 77.9 Å². The van der Waals surface area contributed by atoms with Crippen LogP contribution in [0.15, 0.2) is 0 Å². The molecule has 0 bridgehead atoms. The third-order valence-corrected chi connectivity index (χ3v) is 2.70. The van der Waals surface area contributed by atoms with Gasteiger partial charge in [-0.25, -0.2) is 0 Å². The topological polar surface area (TPSA) is 89.2 Å². The summed E-state index contributed by atoms with van der Waals surface area (Å²) >= 11 is 0. The second-order valence-electron chi connectivity index (χ2n) is 4.87. The van der Waals surface area contributed by atoms with Crippen molar-refractivity contribution in [3.05, 3.63) is 0 Å². The molecule has 22 heavy (non-hydrogen) atoms. The summed E-state index contributed by atoms with van der Waals surface area (Å²) in [6, 6.07) is 0. The summed E-state index contributed by atoms with van der Waals surface area (Å²) in [4.78, 5) is 10.3. The van der Waals surface area contributed by atoms with Crippen LogP contribution < -0.4 is 5.73 Å². The Kier molecular flexibility index (Phi) is 14.9. The van der Waals surface area contributed by atoms with Gasteiger partial charge in [0.2, 0.25) is 0 Å². The SMILES string of the molecule is CCOCCOCC(N)(COCCC=O)COCCOCC. The molecule has 0 aliphatic heterocycles. The van der Waals surface area contributed by atoms with Crippen LogP contribution in [0.2, 0.25) is 0 Å². The fourth-order valence-corrected chi connectivity index (χ4v) is 1.61. The quantitative estimate of drug-likeness (QED) is 0.306.